The monoisotopic (exact) mass is 434 g/mol. The van der Waals surface area contributed by atoms with E-state index in [9.17, 15) is 9.18 Å². The average molecular weight is 435 g/mol. The van der Waals surface area contributed by atoms with Crippen molar-refractivity contribution in [1.82, 2.24) is 0 Å². The number of hydrogen-bond acceptors (Lipinski definition) is 3. The summed E-state index contributed by atoms with van der Waals surface area (Å²) >= 11 is 0. The van der Waals surface area contributed by atoms with Gasteiger partial charge in [-0.3, -0.25) is 4.79 Å². The third-order valence-electron chi connectivity index (χ3n) is 6.78. The van der Waals surface area contributed by atoms with Crippen molar-refractivity contribution >= 4 is 27.9 Å². The van der Waals surface area contributed by atoms with Gasteiger partial charge in [-0.2, -0.15) is 0 Å². The van der Waals surface area contributed by atoms with Crippen molar-refractivity contribution in [2.24, 2.45) is 0 Å². The number of carbonyl (C=O) groups excluding carboxylic acids is 1. The van der Waals surface area contributed by atoms with Crippen LogP contribution in [0, 0.1) is 5.82 Å². The summed E-state index contributed by atoms with van der Waals surface area (Å²) in [6, 6.07) is 28.9. The topological polar surface area (TPSA) is 41.1 Å². The number of nitrogens with one attached hydrogen (secondary N) is 2. The van der Waals surface area contributed by atoms with E-state index in [0.29, 0.717) is 12.8 Å². The van der Waals surface area contributed by atoms with Crippen LogP contribution in [0.3, 0.4) is 0 Å². The molecule has 1 aliphatic heterocycles. The van der Waals surface area contributed by atoms with E-state index in [1.54, 1.807) is 12.1 Å². The number of carbonyl (C=O) groups is 1. The largest absolute Gasteiger partial charge is 0.372 e. The molecule has 0 amide bonds. The quantitative estimate of drug-likeness (QED) is 0.358. The van der Waals surface area contributed by atoms with Crippen LogP contribution in [0.1, 0.15) is 35.9 Å². The van der Waals surface area contributed by atoms with Gasteiger partial charge in [0.05, 0.1) is 17.4 Å². The number of ketones is 1. The molecule has 0 aromatic heterocycles. The van der Waals surface area contributed by atoms with E-state index in [1.807, 2.05) is 36.4 Å². The molecule has 162 valence electrons. The first-order valence-electron chi connectivity index (χ1n) is 11.3. The van der Waals surface area contributed by atoms with Crippen molar-refractivity contribution < 1.29 is 9.18 Å². The van der Waals surface area contributed by atoms with Crippen LogP contribution in [-0.2, 0) is 4.79 Å². The van der Waals surface area contributed by atoms with Crippen molar-refractivity contribution in [2.45, 2.75) is 24.8 Å². The van der Waals surface area contributed by atoms with E-state index in [1.165, 1.54) is 12.1 Å². The third kappa shape index (κ3) is 3.48. The van der Waals surface area contributed by atoms with E-state index in [-0.39, 0.29) is 23.6 Å². The predicted molar refractivity (Wildman–Crippen MR) is 131 cm³/mol. The molecule has 0 saturated heterocycles. The summed E-state index contributed by atoms with van der Waals surface area (Å²) in [4.78, 5) is 13.7. The fourth-order valence-electron chi connectivity index (χ4n) is 5.20. The summed E-state index contributed by atoms with van der Waals surface area (Å²) in [5, 5.41) is 9.53. The van der Waals surface area contributed by atoms with Crippen LogP contribution in [-0.4, -0.2) is 5.78 Å². The minimum Gasteiger partial charge on any atom is -0.372 e. The number of hydrogen-bond donors (Lipinski definition) is 2. The molecule has 1 heterocycles. The lowest BCUT2D eigenvalue weighted by Crippen LogP contribution is -2.27. The Bertz CT molecular complexity index is 1400. The maximum absolute atomic E-state index is 13.7. The number of fused-ring (bicyclic) bond motifs is 2. The minimum absolute atomic E-state index is 0.0165. The Hall–Kier alpha value is -3.92. The first-order valence-corrected chi connectivity index (χ1v) is 11.3. The maximum Gasteiger partial charge on any atom is 0.163 e. The zero-order chi connectivity index (χ0) is 22.4. The normalized spacial score (nSPS) is 19.8. The average Bonchev–Trinajstić information content (AvgIpc) is 3.01. The molecule has 4 aromatic carbocycles. The lowest BCUT2D eigenvalue weighted by atomic mass is 9.78. The zero-order valence-electron chi connectivity index (χ0n) is 18.0. The maximum atomic E-state index is 13.7. The van der Waals surface area contributed by atoms with Gasteiger partial charge in [0.25, 0.3) is 0 Å². The summed E-state index contributed by atoms with van der Waals surface area (Å²) < 4.78 is 13.5. The molecule has 1 aliphatic carbocycles. The molecule has 6 rings (SSSR count). The summed E-state index contributed by atoms with van der Waals surface area (Å²) in [6.07, 6.45) is 1.11. The van der Waals surface area contributed by atoms with Crippen molar-refractivity contribution in [3.8, 4) is 0 Å². The Kier molecular flexibility index (Phi) is 4.72. The first kappa shape index (κ1) is 19.7. The fourth-order valence-corrected chi connectivity index (χ4v) is 5.20. The Morgan fingerprint density at radius 1 is 0.758 bits per heavy atom. The molecule has 0 fully saturated rings. The first-order chi connectivity index (χ1) is 16.2. The van der Waals surface area contributed by atoms with E-state index in [4.69, 9.17) is 0 Å². The number of benzene rings is 4. The van der Waals surface area contributed by atoms with E-state index < -0.39 is 0 Å². The standard InChI is InChI=1S/C29H23FN2O/c30-21-14-12-18(13-15-21)20-16-26-28(27(33)17-20)29(32-25-11-4-3-10-24(25)31-26)23-9-5-7-19-6-1-2-8-22(19)23/h1-15,20,29,31-32H,16-17H2. The third-order valence-corrected chi connectivity index (χ3v) is 6.78. The van der Waals surface area contributed by atoms with Gasteiger partial charge in [-0.1, -0.05) is 66.7 Å². The fraction of sp³-hybridized carbons (Fsp3) is 0.138. The van der Waals surface area contributed by atoms with Crippen molar-refractivity contribution in [2.75, 3.05) is 10.6 Å². The van der Waals surface area contributed by atoms with E-state index >= 15 is 0 Å². The van der Waals surface area contributed by atoms with Crippen molar-refractivity contribution in [3.05, 3.63) is 119 Å². The Morgan fingerprint density at radius 2 is 1.48 bits per heavy atom. The van der Waals surface area contributed by atoms with Crippen LogP contribution in [0.15, 0.2) is 102 Å². The van der Waals surface area contributed by atoms with Crippen LogP contribution in [0.4, 0.5) is 15.8 Å². The number of rotatable bonds is 2. The van der Waals surface area contributed by atoms with Gasteiger partial charge in [-0.15, -0.1) is 0 Å². The second-order valence-corrected chi connectivity index (χ2v) is 8.79. The smallest absolute Gasteiger partial charge is 0.163 e. The second-order valence-electron chi connectivity index (χ2n) is 8.79. The molecule has 0 radical (unpaired) electrons. The molecule has 2 atom stereocenters. The minimum atomic E-state index is -0.262. The summed E-state index contributed by atoms with van der Waals surface area (Å²) in [6.45, 7) is 0. The van der Waals surface area contributed by atoms with Crippen LogP contribution >= 0.6 is 0 Å². The van der Waals surface area contributed by atoms with Gasteiger partial charge < -0.3 is 10.6 Å². The lowest BCUT2D eigenvalue weighted by Gasteiger charge is -2.30. The summed E-state index contributed by atoms with van der Waals surface area (Å²) in [5.74, 6) is -0.123. The summed E-state index contributed by atoms with van der Waals surface area (Å²) in [5.41, 5.74) is 5.74. The highest BCUT2D eigenvalue weighted by Crippen LogP contribution is 2.45. The molecule has 0 bridgehead atoms. The molecule has 2 aliphatic rings. The lowest BCUT2D eigenvalue weighted by molar-refractivity contribution is -0.116. The van der Waals surface area contributed by atoms with Crippen LogP contribution in [0.2, 0.25) is 0 Å². The summed E-state index contributed by atoms with van der Waals surface area (Å²) in [7, 11) is 0. The second kappa shape index (κ2) is 7.89. The highest BCUT2D eigenvalue weighted by atomic mass is 19.1. The van der Waals surface area contributed by atoms with Gasteiger partial charge in [0, 0.05) is 17.7 Å². The molecular formula is C29H23FN2O. The van der Waals surface area contributed by atoms with Crippen molar-refractivity contribution in [3.63, 3.8) is 0 Å². The predicted octanol–water partition coefficient (Wildman–Crippen LogP) is 6.96. The van der Waals surface area contributed by atoms with Crippen LogP contribution in [0.5, 0.6) is 0 Å². The van der Waals surface area contributed by atoms with Gasteiger partial charge in [0.1, 0.15) is 5.82 Å². The van der Waals surface area contributed by atoms with Gasteiger partial charge in [0.15, 0.2) is 5.78 Å². The zero-order valence-corrected chi connectivity index (χ0v) is 18.0. The molecule has 2 unspecified atom stereocenters. The molecule has 0 spiro atoms. The van der Waals surface area contributed by atoms with E-state index in [2.05, 4.69) is 41.0 Å². The molecule has 33 heavy (non-hydrogen) atoms. The molecular weight excluding hydrogens is 411 g/mol. The number of Topliss-reactive ketones (excluding diaryl/α,β-unsaturated/α-hetero) is 1. The number of anilines is 2. The Labute approximate surface area is 192 Å². The number of allylic oxidation sites excluding steroid dienone is 1. The van der Waals surface area contributed by atoms with Crippen LogP contribution in [0.25, 0.3) is 10.8 Å². The molecule has 4 heteroatoms. The van der Waals surface area contributed by atoms with Gasteiger partial charge in [-0.25, -0.2) is 4.39 Å². The molecule has 3 nitrogen and oxygen atoms in total. The highest BCUT2D eigenvalue weighted by Gasteiger charge is 2.36. The molecule has 0 saturated carbocycles. The van der Waals surface area contributed by atoms with E-state index in [0.717, 1.165) is 44.5 Å². The van der Waals surface area contributed by atoms with Gasteiger partial charge >= 0.3 is 0 Å². The Balaban J connectivity index is 1.51. The van der Waals surface area contributed by atoms with Crippen LogP contribution < -0.4 is 10.6 Å². The number of para-hydroxylation sites is 2. The molecule has 4 aromatic rings. The molecule has 2 N–H and O–H groups in total. The number of halogens is 1. The van der Waals surface area contributed by atoms with Gasteiger partial charge in [0.2, 0.25) is 0 Å². The van der Waals surface area contributed by atoms with Crippen molar-refractivity contribution in [1.29, 1.82) is 0 Å². The van der Waals surface area contributed by atoms with Gasteiger partial charge in [-0.05, 0) is 58.5 Å². The Morgan fingerprint density at radius 3 is 2.33 bits per heavy atom. The SMILES string of the molecule is O=C1CC(c2ccc(F)cc2)CC2=C1C(c1cccc3ccccc13)Nc1ccccc1N2. The highest BCUT2D eigenvalue weighted by molar-refractivity contribution is 6.02.